The van der Waals surface area contributed by atoms with Crippen molar-refractivity contribution in [1.82, 2.24) is 14.8 Å². The number of carbonyl (C=O) groups excluding carboxylic acids is 1. The summed E-state index contributed by atoms with van der Waals surface area (Å²) in [6.45, 7) is 0. The van der Waals surface area contributed by atoms with Crippen LogP contribution in [0.15, 0.2) is 54.7 Å². The monoisotopic (exact) mass is 437 g/mol. The Morgan fingerprint density at radius 1 is 1.13 bits per heavy atom. The van der Waals surface area contributed by atoms with Crippen molar-refractivity contribution >= 4 is 45.8 Å². The number of rotatable bonds is 4. The molecule has 0 fully saturated rings. The highest BCUT2D eigenvalue weighted by atomic mass is 35.5. The Balaban J connectivity index is 1.79. The summed E-state index contributed by atoms with van der Waals surface area (Å²) in [6.07, 6.45) is 1.35. The molecule has 1 amide bonds. The summed E-state index contributed by atoms with van der Waals surface area (Å²) in [4.78, 5) is 17.6. The zero-order valence-corrected chi connectivity index (χ0v) is 17.1. The smallest absolute Gasteiger partial charge is 0.262 e. The summed E-state index contributed by atoms with van der Waals surface area (Å²) in [5, 5.41) is 17.7. The van der Waals surface area contributed by atoms with E-state index in [1.165, 1.54) is 30.1 Å². The highest BCUT2D eigenvalue weighted by Gasteiger charge is 2.23. The van der Waals surface area contributed by atoms with Gasteiger partial charge in [0, 0.05) is 5.39 Å². The van der Waals surface area contributed by atoms with Crippen LogP contribution in [0.3, 0.4) is 0 Å². The molecule has 0 aliphatic carbocycles. The number of benzene rings is 2. The molecule has 0 spiro atoms. The number of anilines is 1. The fourth-order valence-corrected chi connectivity index (χ4v) is 3.48. The molecule has 0 aliphatic rings. The van der Waals surface area contributed by atoms with Crippen LogP contribution in [0, 0.1) is 11.3 Å². The van der Waals surface area contributed by atoms with Crippen molar-refractivity contribution in [2.75, 3.05) is 12.4 Å². The second-order valence-electron chi connectivity index (χ2n) is 6.18. The fraction of sp³-hybridized carbons (Fsp3) is 0.0476. The topological polar surface area (TPSA) is 92.8 Å². The highest BCUT2D eigenvalue weighted by Crippen LogP contribution is 2.34. The number of ether oxygens (including phenoxy) is 1. The molecule has 30 heavy (non-hydrogen) atoms. The molecule has 7 nitrogen and oxygen atoms in total. The molecular formula is C21H13Cl2N5O2. The van der Waals surface area contributed by atoms with Crippen LogP contribution in [0.5, 0.6) is 5.75 Å². The maximum Gasteiger partial charge on any atom is 0.262 e. The Kier molecular flexibility index (Phi) is 5.27. The van der Waals surface area contributed by atoms with Crippen LogP contribution in [-0.4, -0.2) is 27.8 Å². The predicted molar refractivity (Wildman–Crippen MR) is 115 cm³/mol. The number of nitriles is 1. The zero-order chi connectivity index (χ0) is 21.3. The molecule has 4 rings (SSSR count). The third-order valence-corrected chi connectivity index (χ3v) is 5.02. The van der Waals surface area contributed by atoms with Gasteiger partial charge in [-0.15, -0.1) is 0 Å². The van der Waals surface area contributed by atoms with Gasteiger partial charge in [0.25, 0.3) is 5.91 Å². The van der Waals surface area contributed by atoms with E-state index in [-0.39, 0.29) is 32.7 Å². The van der Waals surface area contributed by atoms with Gasteiger partial charge in [0.15, 0.2) is 17.4 Å². The molecule has 0 unspecified atom stereocenters. The van der Waals surface area contributed by atoms with Crippen molar-refractivity contribution in [2.45, 2.75) is 0 Å². The van der Waals surface area contributed by atoms with Crippen molar-refractivity contribution in [1.29, 1.82) is 5.26 Å². The van der Waals surface area contributed by atoms with E-state index in [1.54, 1.807) is 6.07 Å². The lowest BCUT2D eigenvalue weighted by atomic mass is 10.1. The molecule has 0 aliphatic heterocycles. The summed E-state index contributed by atoms with van der Waals surface area (Å²) < 4.78 is 6.62. The van der Waals surface area contributed by atoms with Gasteiger partial charge >= 0.3 is 0 Å². The number of fused-ring (bicyclic) bond motifs is 1. The van der Waals surface area contributed by atoms with E-state index < -0.39 is 5.91 Å². The van der Waals surface area contributed by atoms with Gasteiger partial charge in [-0.2, -0.15) is 15.0 Å². The van der Waals surface area contributed by atoms with Crippen molar-refractivity contribution in [3.8, 4) is 17.6 Å². The van der Waals surface area contributed by atoms with Gasteiger partial charge in [0.1, 0.15) is 17.2 Å². The van der Waals surface area contributed by atoms with E-state index in [1.807, 2.05) is 36.4 Å². The predicted octanol–water partition coefficient (Wildman–Crippen LogP) is 4.86. The lowest BCUT2D eigenvalue weighted by Gasteiger charge is -2.13. The molecule has 2 aromatic heterocycles. The Morgan fingerprint density at radius 2 is 1.90 bits per heavy atom. The van der Waals surface area contributed by atoms with Crippen LogP contribution in [0.25, 0.3) is 16.7 Å². The second kappa shape index (κ2) is 8.03. The van der Waals surface area contributed by atoms with Crippen LogP contribution >= 0.6 is 23.2 Å². The number of pyridine rings is 1. The highest BCUT2D eigenvalue weighted by molar-refractivity contribution is 6.37. The van der Waals surface area contributed by atoms with E-state index in [2.05, 4.69) is 15.4 Å². The molecule has 148 valence electrons. The van der Waals surface area contributed by atoms with E-state index in [4.69, 9.17) is 27.9 Å². The summed E-state index contributed by atoms with van der Waals surface area (Å²) in [5.41, 5.74) is 0.964. The minimum atomic E-state index is -0.599. The van der Waals surface area contributed by atoms with Crippen LogP contribution < -0.4 is 10.1 Å². The first-order valence-electron chi connectivity index (χ1n) is 8.71. The molecular weight excluding hydrogens is 425 g/mol. The molecule has 1 N–H and O–H groups in total. The number of aromatic nitrogens is 3. The van der Waals surface area contributed by atoms with E-state index in [0.29, 0.717) is 5.82 Å². The minimum absolute atomic E-state index is 0.0507. The Labute approximate surface area is 181 Å². The third kappa shape index (κ3) is 3.43. The van der Waals surface area contributed by atoms with Crippen LogP contribution in [0.4, 0.5) is 5.82 Å². The lowest BCUT2D eigenvalue weighted by Crippen LogP contribution is -2.18. The number of carbonyl (C=O) groups is 1. The average Bonchev–Trinajstić information content (AvgIpc) is 3.17. The van der Waals surface area contributed by atoms with Crippen LogP contribution in [0.1, 0.15) is 15.9 Å². The summed E-state index contributed by atoms with van der Waals surface area (Å²) in [5.74, 6) is 0.131. The molecule has 0 atom stereocenters. The fourth-order valence-electron chi connectivity index (χ4n) is 3.01. The number of nitrogens with zero attached hydrogens (tertiary/aromatic N) is 4. The summed E-state index contributed by atoms with van der Waals surface area (Å²) in [7, 11) is 1.39. The summed E-state index contributed by atoms with van der Waals surface area (Å²) >= 11 is 12.3. The number of para-hydroxylation sites is 1. The number of methoxy groups -OCH3 is 1. The molecule has 0 saturated carbocycles. The molecule has 0 radical (unpaired) electrons. The van der Waals surface area contributed by atoms with Gasteiger partial charge in [-0.05, 0) is 30.3 Å². The maximum absolute atomic E-state index is 13.0. The van der Waals surface area contributed by atoms with E-state index >= 15 is 0 Å². The molecule has 2 aromatic carbocycles. The van der Waals surface area contributed by atoms with Gasteiger partial charge in [-0.25, -0.2) is 4.98 Å². The van der Waals surface area contributed by atoms with Gasteiger partial charge in [-0.3, -0.25) is 4.79 Å². The standard InChI is InChI=1S/C21H13Cl2N5O2/c1-30-19-15(23)8-7-14(22)18(19)21(29)27-20-13(10-24)11-25-28(20)17-9-6-12-4-2-3-5-16(12)26-17/h2-9,11H,1H3,(H,27,29). The first-order chi connectivity index (χ1) is 14.5. The number of halogens is 2. The van der Waals surface area contributed by atoms with Gasteiger partial charge in [-0.1, -0.05) is 41.4 Å². The van der Waals surface area contributed by atoms with Gasteiger partial charge < -0.3 is 10.1 Å². The first kappa shape index (κ1) is 19.7. The van der Waals surface area contributed by atoms with Crippen molar-refractivity contribution in [3.63, 3.8) is 0 Å². The molecule has 0 saturated heterocycles. The second-order valence-corrected chi connectivity index (χ2v) is 7.00. The largest absolute Gasteiger partial charge is 0.494 e. The van der Waals surface area contributed by atoms with E-state index in [0.717, 1.165) is 10.9 Å². The number of nitrogens with one attached hydrogen (secondary N) is 1. The summed E-state index contributed by atoms with van der Waals surface area (Å²) in [6, 6.07) is 16.3. The zero-order valence-electron chi connectivity index (χ0n) is 15.6. The Hall–Kier alpha value is -3.60. The Bertz CT molecular complexity index is 1330. The maximum atomic E-state index is 13.0. The number of hydrogen-bond acceptors (Lipinski definition) is 5. The SMILES string of the molecule is COc1c(Cl)ccc(Cl)c1C(=O)Nc1c(C#N)cnn1-c1ccc2ccccc2n1. The lowest BCUT2D eigenvalue weighted by molar-refractivity contribution is 0.102. The van der Waals surface area contributed by atoms with Crippen LogP contribution in [0.2, 0.25) is 10.0 Å². The number of hydrogen-bond donors (Lipinski definition) is 1. The van der Waals surface area contributed by atoms with Crippen LogP contribution in [-0.2, 0) is 0 Å². The first-order valence-corrected chi connectivity index (χ1v) is 9.46. The average molecular weight is 438 g/mol. The van der Waals surface area contributed by atoms with Gasteiger partial charge in [0.2, 0.25) is 0 Å². The molecule has 4 aromatic rings. The number of amides is 1. The molecule has 9 heteroatoms. The Morgan fingerprint density at radius 3 is 2.67 bits per heavy atom. The van der Waals surface area contributed by atoms with Crippen molar-refractivity contribution in [2.24, 2.45) is 0 Å². The molecule has 2 heterocycles. The third-order valence-electron chi connectivity index (χ3n) is 4.41. The normalized spacial score (nSPS) is 10.6. The van der Waals surface area contributed by atoms with Crippen molar-refractivity contribution < 1.29 is 9.53 Å². The van der Waals surface area contributed by atoms with Crippen molar-refractivity contribution in [3.05, 3.63) is 75.9 Å². The quantitative estimate of drug-likeness (QED) is 0.491. The van der Waals surface area contributed by atoms with E-state index in [9.17, 15) is 10.1 Å². The molecule has 0 bridgehead atoms. The van der Waals surface area contributed by atoms with Gasteiger partial charge in [0.05, 0.1) is 28.9 Å². The minimum Gasteiger partial charge on any atom is -0.494 e.